The van der Waals surface area contributed by atoms with Gasteiger partial charge in [0.15, 0.2) is 4.34 Å². The largest absolute Gasteiger partial charge is 0.290 e. The summed E-state index contributed by atoms with van der Waals surface area (Å²) >= 11 is 2.57. The highest BCUT2D eigenvalue weighted by molar-refractivity contribution is 8.01. The molecule has 0 unspecified atom stereocenters. The zero-order chi connectivity index (χ0) is 19.2. The minimum absolute atomic E-state index is 0.282. The van der Waals surface area contributed by atoms with Crippen LogP contribution in [0.25, 0.3) is 0 Å². The zero-order valence-corrected chi connectivity index (χ0v) is 15.7. The Hall–Kier alpha value is -2.78. The Bertz CT molecular complexity index is 960. The first-order valence-electron chi connectivity index (χ1n) is 8.12. The Morgan fingerprint density at radius 1 is 1.00 bits per heavy atom. The second-order valence-corrected chi connectivity index (χ2v) is 7.86. The number of nitrogens with zero attached hydrogens (tertiary/aromatic N) is 3. The van der Waals surface area contributed by atoms with Gasteiger partial charge in [0.05, 0.1) is 26.5 Å². The fraction of sp³-hybridized carbons (Fsp3) is 0.167. The summed E-state index contributed by atoms with van der Waals surface area (Å²) in [6, 6.07) is 13.9. The van der Waals surface area contributed by atoms with E-state index in [0.29, 0.717) is 9.24 Å². The molecule has 138 valence electrons. The number of rotatable bonds is 8. The maximum absolute atomic E-state index is 11.2. The average Bonchev–Trinajstić information content (AvgIpc) is 3.10. The van der Waals surface area contributed by atoms with Crippen molar-refractivity contribution in [2.45, 2.75) is 28.5 Å². The molecule has 0 N–H and O–H groups in total. The van der Waals surface area contributed by atoms with E-state index in [-0.39, 0.29) is 11.4 Å². The van der Waals surface area contributed by atoms with Crippen molar-refractivity contribution in [1.82, 2.24) is 4.98 Å². The monoisotopic (exact) mass is 401 g/mol. The molecule has 7 nitrogen and oxygen atoms in total. The van der Waals surface area contributed by atoms with Crippen molar-refractivity contribution in [1.29, 1.82) is 0 Å². The highest BCUT2D eigenvalue weighted by atomic mass is 32.2. The van der Waals surface area contributed by atoms with Gasteiger partial charge in [-0.3, -0.25) is 20.2 Å². The number of benzene rings is 2. The van der Waals surface area contributed by atoms with Crippen molar-refractivity contribution in [3.63, 3.8) is 0 Å². The van der Waals surface area contributed by atoms with E-state index in [4.69, 9.17) is 0 Å². The summed E-state index contributed by atoms with van der Waals surface area (Å²) < 4.78 is 0.682. The standard InChI is InChI=1S/C18H15N3O4S2/c22-20(23)15-9-10-17(16(11-15)21(24)25)27-18-19-14(12-26-18)8-4-7-13-5-2-1-3-6-13/h1-3,5-6,9-12H,4,7-8H2. The normalized spacial score (nSPS) is 10.7. The van der Waals surface area contributed by atoms with E-state index in [1.807, 2.05) is 23.6 Å². The molecule has 2 aromatic carbocycles. The summed E-state index contributed by atoms with van der Waals surface area (Å²) in [5.41, 5.74) is 1.65. The van der Waals surface area contributed by atoms with Crippen molar-refractivity contribution < 1.29 is 9.85 Å². The van der Waals surface area contributed by atoms with Crippen LogP contribution in [0.15, 0.2) is 63.1 Å². The Kier molecular flexibility index (Phi) is 6.15. The first-order chi connectivity index (χ1) is 13.0. The number of nitro groups is 2. The minimum atomic E-state index is -0.643. The highest BCUT2D eigenvalue weighted by Gasteiger charge is 2.21. The first kappa shape index (κ1) is 19.0. The number of nitro benzene ring substituents is 2. The van der Waals surface area contributed by atoms with Gasteiger partial charge in [-0.05, 0) is 30.9 Å². The van der Waals surface area contributed by atoms with Gasteiger partial charge in [-0.15, -0.1) is 11.3 Å². The Morgan fingerprint density at radius 2 is 1.78 bits per heavy atom. The summed E-state index contributed by atoms with van der Waals surface area (Å²) in [6.07, 6.45) is 2.76. The maximum atomic E-state index is 11.2. The van der Waals surface area contributed by atoms with Gasteiger partial charge in [0.1, 0.15) is 0 Å². The van der Waals surface area contributed by atoms with Crippen molar-refractivity contribution in [2.24, 2.45) is 0 Å². The third-order valence-corrected chi connectivity index (χ3v) is 5.87. The molecule has 0 aliphatic heterocycles. The van der Waals surface area contributed by atoms with E-state index in [1.54, 1.807) is 0 Å². The molecule has 0 fully saturated rings. The third kappa shape index (κ3) is 5.11. The van der Waals surface area contributed by atoms with Crippen LogP contribution in [0.1, 0.15) is 17.7 Å². The lowest BCUT2D eigenvalue weighted by molar-refractivity contribution is -0.396. The van der Waals surface area contributed by atoms with Gasteiger partial charge in [-0.1, -0.05) is 42.1 Å². The fourth-order valence-corrected chi connectivity index (χ4v) is 4.42. The minimum Gasteiger partial charge on any atom is -0.258 e. The molecule has 0 radical (unpaired) electrons. The third-order valence-electron chi connectivity index (χ3n) is 3.82. The van der Waals surface area contributed by atoms with Gasteiger partial charge in [-0.25, -0.2) is 4.98 Å². The van der Waals surface area contributed by atoms with E-state index >= 15 is 0 Å². The first-order valence-corrected chi connectivity index (χ1v) is 9.81. The second-order valence-electron chi connectivity index (χ2n) is 5.71. The number of aromatic nitrogens is 1. The van der Waals surface area contributed by atoms with E-state index in [1.165, 1.54) is 29.0 Å². The molecule has 0 saturated heterocycles. The van der Waals surface area contributed by atoms with Gasteiger partial charge < -0.3 is 0 Å². The second kappa shape index (κ2) is 8.74. The summed E-state index contributed by atoms with van der Waals surface area (Å²) in [6.45, 7) is 0. The Labute approximate surface area is 163 Å². The quantitative estimate of drug-likeness (QED) is 0.376. The summed E-state index contributed by atoms with van der Waals surface area (Å²) in [5.74, 6) is 0. The van der Waals surface area contributed by atoms with Crippen molar-refractivity contribution in [3.8, 4) is 0 Å². The predicted molar refractivity (Wildman–Crippen MR) is 104 cm³/mol. The lowest BCUT2D eigenvalue weighted by atomic mass is 10.1. The molecule has 1 aromatic heterocycles. The van der Waals surface area contributed by atoms with Crippen LogP contribution < -0.4 is 0 Å². The number of hydrogen-bond donors (Lipinski definition) is 0. The smallest absolute Gasteiger partial charge is 0.258 e. The van der Waals surface area contributed by atoms with Crippen LogP contribution in [0.4, 0.5) is 11.4 Å². The molecule has 27 heavy (non-hydrogen) atoms. The molecular weight excluding hydrogens is 386 g/mol. The van der Waals surface area contributed by atoms with E-state index in [9.17, 15) is 20.2 Å². The van der Waals surface area contributed by atoms with Crippen LogP contribution in [-0.2, 0) is 12.8 Å². The van der Waals surface area contributed by atoms with Gasteiger partial charge in [0, 0.05) is 11.4 Å². The summed E-state index contributed by atoms with van der Waals surface area (Å²) in [4.78, 5) is 25.7. The molecule has 0 spiro atoms. The number of thiazole rings is 1. The fourth-order valence-electron chi connectivity index (χ4n) is 2.51. The Balaban J connectivity index is 1.65. The zero-order valence-electron chi connectivity index (χ0n) is 14.1. The van der Waals surface area contributed by atoms with Crippen LogP contribution in [0.5, 0.6) is 0 Å². The van der Waals surface area contributed by atoms with Crippen LogP contribution in [-0.4, -0.2) is 14.8 Å². The lowest BCUT2D eigenvalue weighted by Gasteiger charge is -2.01. The summed E-state index contributed by atoms with van der Waals surface area (Å²) in [5, 5.41) is 24.0. The molecule has 1 heterocycles. The number of hydrogen-bond acceptors (Lipinski definition) is 7. The van der Waals surface area contributed by atoms with Crippen molar-refractivity contribution >= 4 is 34.5 Å². The molecular formula is C18H15N3O4S2. The van der Waals surface area contributed by atoms with Crippen LogP contribution in [0, 0.1) is 20.2 Å². The SMILES string of the molecule is O=[N+]([O-])c1ccc(Sc2nc(CCCc3ccccc3)cs2)c([N+](=O)[O-])c1. The predicted octanol–water partition coefficient (Wildman–Crippen LogP) is 5.29. The molecule has 0 atom stereocenters. The molecule has 3 aromatic rings. The van der Waals surface area contributed by atoms with Crippen LogP contribution in [0.3, 0.4) is 0 Å². The average molecular weight is 401 g/mol. The molecule has 0 saturated carbocycles. The van der Waals surface area contributed by atoms with E-state index < -0.39 is 9.85 Å². The van der Waals surface area contributed by atoms with Gasteiger partial charge >= 0.3 is 0 Å². The molecule has 0 amide bonds. The van der Waals surface area contributed by atoms with Crippen molar-refractivity contribution in [3.05, 3.63) is 85.4 Å². The van der Waals surface area contributed by atoms with Crippen molar-refractivity contribution in [2.75, 3.05) is 0 Å². The van der Waals surface area contributed by atoms with Crippen LogP contribution in [0.2, 0.25) is 0 Å². The molecule has 3 rings (SSSR count). The lowest BCUT2D eigenvalue weighted by Crippen LogP contribution is -1.94. The number of non-ortho nitro benzene ring substituents is 1. The maximum Gasteiger partial charge on any atom is 0.290 e. The van der Waals surface area contributed by atoms with Gasteiger partial charge in [0.2, 0.25) is 0 Å². The van der Waals surface area contributed by atoms with Crippen LogP contribution >= 0.6 is 23.1 Å². The molecule has 0 bridgehead atoms. The van der Waals surface area contributed by atoms with Gasteiger partial charge in [0.25, 0.3) is 11.4 Å². The highest BCUT2D eigenvalue weighted by Crippen LogP contribution is 2.38. The topological polar surface area (TPSA) is 99.2 Å². The van der Waals surface area contributed by atoms with Gasteiger partial charge in [-0.2, -0.15) is 0 Å². The van der Waals surface area contributed by atoms with E-state index in [2.05, 4.69) is 17.1 Å². The van der Waals surface area contributed by atoms with E-state index in [0.717, 1.165) is 42.8 Å². The summed E-state index contributed by atoms with van der Waals surface area (Å²) in [7, 11) is 0. The molecule has 9 heteroatoms. The molecule has 0 aliphatic rings. The molecule has 0 aliphatic carbocycles. The Morgan fingerprint density at radius 3 is 2.48 bits per heavy atom. The number of aryl methyl sites for hydroxylation is 2.